The summed E-state index contributed by atoms with van der Waals surface area (Å²) in [6.07, 6.45) is 1.97. The van der Waals surface area contributed by atoms with Crippen LogP contribution in [0.1, 0.15) is 32.9 Å². The van der Waals surface area contributed by atoms with Crippen molar-refractivity contribution in [2.45, 2.75) is 39.8 Å². The quantitative estimate of drug-likeness (QED) is 0.732. The number of pyridine rings is 1. The second-order valence-electron chi connectivity index (χ2n) is 5.57. The molecule has 1 aromatic rings. The van der Waals surface area contributed by atoms with Gasteiger partial charge in [-0.15, -0.1) is 0 Å². The molecule has 1 rings (SSSR count). The first-order valence-corrected chi connectivity index (χ1v) is 6.49. The third-order valence-corrected chi connectivity index (χ3v) is 2.73. The zero-order chi connectivity index (χ0) is 14.3. The number of rotatable bonds is 6. The summed E-state index contributed by atoms with van der Waals surface area (Å²) >= 11 is 0. The number of aliphatic hydroxyl groups is 1. The van der Waals surface area contributed by atoms with Gasteiger partial charge in [-0.1, -0.05) is 19.9 Å². The Labute approximate surface area is 114 Å². The molecular formula is C14H23N3O2. The summed E-state index contributed by atoms with van der Waals surface area (Å²) in [5.41, 5.74) is 0.692. The van der Waals surface area contributed by atoms with Gasteiger partial charge in [0, 0.05) is 12.7 Å². The molecule has 0 radical (unpaired) electrons. The molecule has 19 heavy (non-hydrogen) atoms. The molecule has 0 spiro atoms. The number of aromatic nitrogens is 1. The van der Waals surface area contributed by atoms with Crippen LogP contribution in [0.15, 0.2) is 24.4 Å². The zero-order valence-corrected chi connectivity index (χ0v) is 11.8. The van der Waals surface area contributed by atoms with E-state index in [1.165, 1.54) is 0 Å². The molecule has 5 nitrogen and oxygen atoms in total. The average Bonchev–Trinajstić information content (AvgIpc) is 2.34. The molecule has 0 aromatic carbocycles. The van der Waals surface area contributed by atoms with E-state index in [1.807, 2.05) is 32.0 Å². The Bertz CT molecular complexity index is 391. The van der Waals surface area contributed by atoms with Gasteiger partial charge in [-0.25, -0.2) is 4.79 Å². The Hall–Kier alpha value is -1.62. The van der Waals surface area contributed by atoms with E-state index in [4.69, 9.17) is 0 Å². The molecule has 0 bridgehead atoms. The van der Waals surface area contributed by atoms with Crippen LogP contribution >= 0.6 is 0 Å². The first kappa shape index (κ1) is 15.4. The van der Waals surface area contributed by atoms with E-state index in [1.54, 1.807) is 13.1 Å². The van der Waals surface area contributed by atoms with E-state index < -0.39 is 0 Å². The summed E-state index contributed by atoms with van der Waals surface area (Å²) in [7, 11) is 0. The van der Waals surface area contributed by atoms with Gasteiger partial charge in [0.1, 0.15) is 0 Å². The second kappa shape index (κ2) is 7.09. The molecule has 1 atom stereocenters. The maximum absolute atomic E-state index is 11.6. The van der Waals surface area contributed by atoms with Gasteiger partial charge < -0.3 is 15.7 Å². The van der Waals surface area contributed by atoms with Crippen molar-refractivity contribution in [1.29, 1.82) is 0 Å². The molecule has 106 valence electrons. The van der Waals surface area contributed by atoms with Crippen LogP contribution in [0.25, 0.3) is 0 Å². The van der Waals surface area contributed by atoms with Crippen molar-refractivity contribution in [1.82, 2.24) is 15.6 Å². The van der Waals surface area contributed by atoms with E-state index in [0.717, 1.165) is 5.69 Å². The highest BCUT2D eigenvalue weighted by molar-refractivity contribution is 5.73. The smallest absolute Gasteiger partial charge is 0.315 e. The molecular weight excluding hydrogens is 242 g/mol. The fourth-order valence-electron chi connectivity index (χ4n) is 1.93. The molecule has 0 aliphatic rings. The van der Waals surface area contributed by atoms with Crippen LogP contribution < -0.4 is 10.6 Å². The molecule has 2 amide bonds. The SMILES string of the molecule is CC(O)CC(C)(C)CNC(=O)NCc1ccccn1. The van der Waals surface area contributed by atoms with Crippen molar-refractivity contribution in [3.8, 4) is 0 Å². The molecule has 5 heteroatoms. The molecule has 3 N–H and O–H groups in total. The molecule has 0 aliphatic carbocycles. The van der Waals surface area contributed by atoms with Crippen LogP contribution in [0, 0.1) is 5.41 Å². The van der Waals surface area contributed by atoms with Crippen molar-refractivity contribution < 1.29 is 9.90 Å². The largest absolute Gasteiger partial charge is 0.393 e. The lowest BCUT2D eigenvalue weighted by atomic mass is 9.87. The lowest BCUT2D eigenvalue weighted by Gasteiger charge is -2.26. The number of carbonyl (C=O) groups is 1. The molecule has 0 saturated heterocycles. The number of hydrogen-bond acceptors (Lipinski definition) is 3. The third-order valence-electron chi connectivity index (χ3n) is 2.73. The van der Waals surface area contributed by atoms with Crippen molar-refractivity contribution in [3.63, 3.8) is 0 Å². The predicted molar refractivity (Wildman–Crippen MR) is 74.6 cm³/mol. The van der Waals surface area contributed by atoms with Gasteiger partial charge in [-0.05, 0) is 30.9 Å². The standard InChI is InChI=1S/C14H23N3O2/c1-11(18)8-14(2,3)10-17-13(19)16-9-12-6-4-5-7-15-12/h4-7,11,18H,8-10H2,1-3H3,(H2,16,17,19). The minimum absolute atomic E-state index is 0.128. The van der Waals surface area contributed by atoms with Crippen molar-refractivity contribution in [3.05, 3.63) is 30.1 Å². The van der Waals surface area contributed by atoms with E-state index in [9.17, 15) is 9.90 Å². The van der Waals surface area contributed by atoms with E-state index in [-0.39, 0.29) is 17.6 Å². The summed E-state index contributed by atoms with van der Waals surface area (Å²) in [6, 6.07) is 5.36. The molecule has 1 heterocycles. The normalized spacial score (nSPS) is 12.8. The molecule has 0 fully saturated rings. The Morgan fingerprint density at radius 3 is 2.74 bits per heavy atom. The summed E-state index contributed by atoms with van der Waals surface area (Å²) in [5.74, 6) is 0. The molecule has 1 unspecified atom stereocenters. The lowest BCUT2D eigenvalue weighted by Crippen LogP contribution is -2.41. The molecule has 0 aliphatic heterocycles. The van der Waals surface area contributed by atoms with Crippen LogP contribution in [0.3, 0.4) is 0 Å². The Morgan fingerprint density at radius 2 is 2.16 bits per heavy atom. The Balaban J connectivity index is 2.28. The van der Waals surface area contributed by atoms with Crippen LogP contribution in [0.5, 0.6) is 0 Å². The highest BCUT2D eigenvalue weighted by atomic mass is 16.3. The predicted octanol–water partition coefficient (Wildman–Crippen LogP) is 1.68. The topological polar surface area (TPSA) is 74.2 Å². The number of nitrogens with one attached hydrogen (secondary N) is 2. The lowest BCUT2D eigenvalue weighted by molar-refractivity contribution is 0.129. The number of nitrogens with zero attached hydrogens (tertiary/aromatic N) is 1. The van der Waals surface area contributed by atoms with Crippen molar-refractivity contribution in [2.75, 3.05) is 6.54 Å². The van der Waals surface area contributed by atoms with E-state index in [2.05, 4.69) is 15.6 Å². The summed E-state index contributed by atoms with van der Waals surface area (Å²) in [5, 5.41) is 14.9. The average molecular weight is 265 g/mol. The number of amides is 2. The van der Waals surface area contributed by atoms with E-state index >= 15 is 0 Å². The zero-order valence-electron chi connectivity index (χ0n) is 11.8. The molecule has 1 aromatic heterocycles. The first-order chi connectivity index (χ1) is 8.89. The highest BCUT2D eigenvalue weighted by Gasteiger charge is 2.20. The molecule has 0 saturated carbocycles. The van der Waals surface area contributed by atoms with Gasteiger partial charge in [0.25, 0.3) is 0 Å². The van der Waals surface area contributed by atoms with Crippen molar-refractivity contribution in [2.24, 2.45) is 5.41 Å². The first-order valence-electron chi connectivity index (χ1n) is 6.49. The fourth-order valence-corrected chi connectivity index (χ4v) is 1.93. The Kier molecular flexibility index (Phi) is 5.76. The highest BCUT2D eigenvalue weighted by Crippen LogP contribution is 2.20. The van der Waals surface area contributed by atoms with Gasteiger partial charge in [0.05, 0.1) is 18.3 Å². The maximum atomic E-state index is 11.6. The third kappa shape index (κ3) is 6.76. The number of aliphatic hydroxyl groups excluding tert-OH is 1. The second-order valence-corrected chi connectivity index (χ2v) is 5.57. The van der Waals surface area contributed by atoms with Crippen LogP contribution in [-0.2, 0) is 6.54 Å². The summed E-state index contributed by atoms with van der Waals surface area (Å²) in [6.45, 7) is 6.70. The number of hydrogen-bond donors (Lipinski definition) is 3. The maximum Gasteiger partial charge on any atom is 0.315 e. The van der Waals surface area contributed by atoms with Gasteiger partial charge in [0.2, 0.25) is 0 Å². The Morgan fingerprint density at radius 1 is 1.42 bits per heavy atom. The van der Waals surface area contributed by atoms with Crippen LogP contribution in [-0.4, -0.2) is 28.8 Å². The van der Waals surface area contributed by atoms with Crippen LogP contribution in [0.4, 0.5) is 4.79 Å². The van der Waals surface area contributed by atoms with Gasteiger partial charge in [0.15, 0.2) is 0 Å². The van der Waals surface area contributed by atoms with Gasteiger partial charge in [-0.2, -0.15) is 0 Å². The number of urea groups is 1. The van der Waals surface area contributed by atoms with Gasteiger partial charge >= 0.3 is 6.03 Å². The minimum atomic E-state index is -0.367. The van der Waals surface area contributed by atoms with Crippen molar-refractivity contribution >= 4 is 6.03 Å². The van der Waals surface area contributed by atoms with Crippen LogP contribution in [0.2, 0.25) is 0 Å². The summed E-state index contributed by atoms with van der Waals surface area (Å²) < 4.78 is 0. The number of carbonyl (C=O) groups excluding carboxylic acids is 1. The fraction of sp³-hybridized carbons (Fsp3) is 0.571. The summed E-state index contributed by atoms with van der Waals surface area (Å²) in [4.78, 5) is 15.8. The van der Waals surface area contributed by atoms with E-state index in [0.29, 0.717) is 19.5 Å². The van der Waals surface area contributed by atoms with Gasteiger partial charge in [-0.3, -0.25) is 4.98 Å². The minimum Gasteiger partial charge on any atom is -0.393 e. The monoisotopic (exact) mass is 265 g/mol.